The van der Waals surface area contributed by atoms with Crippen LogP contribution in [0.1, 0.15) is 50.3 Å². The molecular weight excluding hydrogens is 405 g/mol. The van der Waals surface area contributed by atoms with E-state index in [1.165, 1.54) is 0 Å². The Hall–Kier alpha value is -1.92. The molecule has 156 valence electrons. The number of halogens is 2. The van der Waals surface area contributed by atoms with Gasteiger partial charge in [-0.1, -0.05) is 38.8 Å². The van der Waals surface area contributed by atoms with Crippen LogP contribution in [-0.2, 0) is 22.4 Å². The van der Waals surface area contributed by atoms with E-state index in [1.807, 2.05) is 27.7 Å². The Morgan fingerprint density at radius 2 is 1.82 bits per heavy atom. The average Bonchev–Trinajstić information content (AvgIpc) is 2.63. The summed E-state index contributed by atoms with van der Waals surface area (Å²) in [4.78, 5) is 24.1. The Morgan fingerprint density at radius 3 is 2.39 bits per heavy atom. The molecule has 0 aliphatic rings. The van der Waals surface area contributed by atoms with E-state index in [4.69, 9.17) is 31.2 Å². The quantitative estimate of drug-likeness (QED) is 0.284. The molecule has 2 rings (SSSR count). The maximum Gasteiger partial charge on any atom is 0.344 e. The second kappa shape index (κ2) is 10.6. The molecule has 0 unspecified atom stereocenters. The third-order valence-electron chi connectivity index (χ3n) is 4.57. The van der Waals surface area contributed by atoms with Crippen molar-refractivity contribution in [2.45, 2.75) is 53.4 Å². The second-order valence-corrected chi connectivity index (χ2v) is 6.68. The Balaban J connectivity index is 0.00000392. The van der Waals surface area contributed by atoms with Gasteiger partial charge in [-0.05, 0) is 37.3 Å². The zero-order valence-electron chi connectivity index (χ0n) is 16.6. The van der Waals surface area contributed by atoms with E-state index in [-0.39, 0.29) is 35.4 Å². The average molecular weight is 432 g/mol. The van der Waals surface area contributed by atoms with Gasteiger partial charge in [0, 0.05) is 10.9 Å². The summed E-state index contributed by atoms with van der Waals surface area (Å²) in [6.45, 7) is 7.72. The molecule has 0 aliphatic heterocycles. The van der Waals surface area contributed by atoms with Crippen LogP contribution in [0.5, 0.6) is 5.75 Å². The largest absolute Gasteiger partial charge is 0.478 e. The topological polar surface area (TPSA) is 91.8 Å². The standard InChI is InChI=1S/C20H26ClNO5.ClH/c1-5-8-9-25-14(23)10-26-19-16(21)18-15(13(7-3)17(19)22)11(4)12(6-2)20(24)27-18;/h5-10,22H2,1-4H3;1H. The highest BCUT2D eigenvalue weighted by Gasteiger charge is 2.23. The molecule has 0 bridgehead atoms. The SMILES string of the molecule is CCCCOC(=O)COc1c(N)c(CC)c2c(C)c(CC)c(=O)oc2c1Cl.Cl. The fourth-order valence-corrected chi connectivity index (χ4v) is 3.40. The molecule has 8 heteroatoms. The van der Waals surface area contributed by atoms with Crippen molar-refractivity contribution in [3.05, 3.63) is 32.1 Å². The first kappa shape index (κ1) is 24.1. The van der Waals surface area contributed by atoms with Crippen molar-refractivity contribution in [3.8, 4) is 5.75 Å². The summed E-state index contributed by atoms with van der Waals surface area (Å²) < 4.78 is 16.1. The molecular formula is C20H27Cl2NO5. The normalized spacial score (nSPS) is 10.6. The van der Waals surface area contributed by atoms with Gasteiger partial charge in [0.25, 0.3) is 0 Å². The van der Waals surface area contributed by atoms with Crippen molar-refractivity contribution in [3.63, 3.8) is 0 Å². The number of aryl methyl sites for hydroxylation is 2. The van der Waals surface area contributed by atoms with Crippen LogP contribution in [0.2, 0.25) is 5.02 Å². The van der Waals surface area contributed by atoms with Gasteiger partial charge < -0.3 is 19.6 Å². The first-order valence-corrected chi connectivity index (χ1v) is 9.59. The number of nitrogen functional groups attached to an aromatic ring is 1. The van der Waals surface area contributed by atoms with Gasteiger partial charge in [0.2, 0.25) is 0 Å². The predicted octanol–water partition coefficient (Wildman–Crippen LogP) is 4.61. The number of unbranched alkanes of at least 4 members (excludes halogenated alkanes) is 1. The summed E-state index contributed by atoms with van der Waals surface area (Å²) in [5.41, 5.74) is 8.61. The molecule has 1 heterocycles. The van der Waals surface area contributed by atoms with E-state index in [2.05, 4.69) is 0 Å². The van der Waals surface area contributed by atoms with Crippen molar-refractivity contribution in [1.82, 2.24) is 0 Å². The number of esters is 1. The van der Waals surface area contributed by atoms with Crippen LogP contribution in [0.4, 0.5) is 5.69 Å². The Bertz CT molecular complexity index is 908. The number of carbonyl (C=O) groups is 1. The number of anilines is 1. The maximum atomic E-state index is 12.3. The highest BCUT2D eigenvalue weighted by atomic mass is 35.5. The molecule has 0 radical (unpaired) electrons. The van der Waals surface area contributed by atoms with Gasteiger partial charge in [-0.25, -0.2) is 9.59 Å². The van der Waals surface area contributed by atoms with Gasteiger partial charge in [-0.2, -0.15) is 0 Å². The van der Waals surface area contributed by atoms with E-state index in [9.17, 15) is 9.59 Å². The molecule has 0 amide bonds. The lowest BCUT2D eigenvalue weighted by molar-refractivity contribution is -0.146. The molecule has 0 fully saturated rings. The number of rotatable bonds is 8. The lowest BCUT2D eigenvalue weighted by atomic mass is 9.96. The summed E-state index contributed by atoms with van der Waals surface area (Å²) >= 11 is 6.44. The lowest BCUT2D eigenvalue weighted by Crippen LogP contribution is -2.17. The smallest absolute Gasteiger partial charge is 0.344 e. The molecule has 0 aliphatic carbocycles. The first-order valence-electron chi connectivity index (χ1n) is 9.21. The van der Waals surface area contributed by atoms with Crippen molar-refractivity contribution in [1.29, 1.82) is 0 Å². The van der Waals surface area contributed by atoms with Gasteiger partial charge >= 0.3 is 11.6 Å². The molecule has 1 aromatic heterocycles. The molecule has 1 aromatic carbocycles. The van der Waals surface area contributed by atoms with Crippen LogP contribution in [0.25, 0.3) is 11.0 Å². The molecule has 2 aromatic rings. The van der Waals surface area contributed by atoms with Crippen LogP contribution < -0.4 is 16.1 Å². The van der Waals surface area contributed by atoms with Crippen LogP contribution in [0.15, 0.2) is 9.21 Å². The number of carbonyl (C=O) groups excluding carboxylic acids is 1. The zero-order valence-corrected chi connectivity index (χ0v) is 18.2. The van der Waals surface area contributed by atoms with Crippen molar-refractivity contribution >= 4 is 46.6 Å². The van der Waals surface area contributed by atoms with E-state index < -0.39 is 11.6 Å². The van der Waals surface area contributed by atoms with Crippen molar-refractivity contribution < 1.29 is 18.7 Å². The summed E-state index contributed by atoms with van der Waals surface area (Å²) in [7, 11) is 0. The third kappa shape index (κ3) is 4.73. The van der Waals surface area contributed by atoms with Crippen LogP contribution in [-0.4, -0.2) is 19.2 Å². The van der Waals surface area contributed by atoms with Gasteiger partial charge in [0.05, 0.1) is 12.3 Å². The number of hydrogen-bond donors (Lipinski definition) is 1. The molecule has 0 saturated carbocycles. The highest BCUT2D eigenvalue weighted by Crippen LogP contribution is 2.43. The van der Waals surface area contributed by atoms with Crippen LogP contribution in [0.3, 0.4) is 0 Å². The molecule has 0 spiro atoms. The number of nitrogens with two attached hydrogens (primary N) is 1. The van der Waals surface area contributed by atoms with E-state index in [0.29, 0.717) is 30.7 Å². The Morgan fingerprint density at radius 1 is 1.18 bits per heavy atom. The van der Waals surface area contributed by atoms with Crippen LogP contribution in [0, 0.1) is 6.92 Å². The number of ether oxygens (including phenoxy) is 2. The number of hydrogen-bond acceptors (Lipinski definition) is 6. The summed E-state index contributed by atoms with van der Waals surface area (Å²) in [6.07, 6.45) is 2.85. The Labute approximate surface area is 175 Å². The maximum absolute atomic E-state index is 12.3. The van der Waals surface area contributed by atoms with E-state index >= 15 is 0 Å². The molecule has 28 heavy (non-hydrogen) atoms. The molecule has 6 nitrogen and oxygen atoms in total. The Kier molecular flexibility index (Phi) is 9.11. The highest BCUT2D eigenvalue weighted by molar-refractivity contribution is 6.37. The summed E-state index contributed by atoms with van der Waals surface area (Å²) in [5.74, 6) is -0.365. The lowest BCUT2D eigenvalue weighted by Gasteiger charge is -2.18. The zero-order chi connectivity index (χ0) is 20.1. The number of fused-ring (bicyclic) bond motifs is 1. The summed E-state index contributed by atoms with van der Waals surface area (Å²) in [6, 6.07) is 0. The van der Waals surface area contributed by atoms with Gasteiger partial charge in [-0.3, -0.25) is 0 Å². The van der Waals surface area contributed by atoms with Crippen molar-refractivity contribution in [2.75, 3.05) is 18.9 Å². The molecule has 0 saturated heterocycles. The fraction of sp³-hybridized carbons (Fsp3) is 0.500. The van der Waals surface area contributed by atoms with E-state index in [0.717, 1.165) is 29.4 Å². The summed E-state index contributed by atoms with van der Waals surface area (Å²) in [5, 5.41) is 0.818. The first-order chi connectivity index (χ1) is 12.9. The third-order valence-corrected chi connectivity index (χ3v) is 4.91. The molecule has 0 atom stereocenters. The van der Waals surface area contributed by atoms with Crippen LogP contribution >= 0.6 is 24.0 Å². The second-order valence-electron chi connectivity index (χ2n) is 6.30. The predicted molar refractivity (Wildman–Crippen MR) is 114 cm³/mol. The fourth-order valence-electron chi connectivity index (χ4n) is 3.11. The monoisotopic (exact) mass is 431 g/mol. The van der Waals surface area contributed by atoms with Crippen molar-refractivity contribution in [2.24, 2.45) is 0 Å². The van der Waals surface area contributed by atoms with Gasteiger partial charge in [-0.15, -0.1) is 12.4 Å². The molecule has 2 N–H and O–H groups in total. The van der Waals surface area contributed by atoms with E-state index in [1.54, 1.807) is 0 Å². The van der Waals surface area contributed by atoms with Gasteiger partial charge in [0.15, 0.2) is 17.9 Å². The minimum atomic E-state index is -0.504. The number of benzene rings is 1. The van der Waals surface area contributed by atoms with Gasteiger partial charge in [0.1, 0.15) is 5.02 Å². The minimum Gasteiger partial charge on any atom is -0.478 e. The minimum absolute atomic E-state index is 0.